The standard InChI is InChI=1S/C12H17N3O/c1-8-2-4-10(5-3-8)14-12(16)15-11-6-9(13)7-11/h2-5,9,11H,6-7,13H2,1H3,(H2,14,15,16). The highest BCUT2D eigenvalue weighted by molar-refractivity contribution is 5.89. The third-order valence-electron chi connectivity index (χ3n) is 2.82. The highest BCUT2D eigenvalue weighted by Crippen LogP contribution is 2.17. The SMILES string of the molecule is Cc1ccc(NC(=O)NC2CC(N)C2)cc1. The summed E-state index contributed by atoms with van der Waals surface area (Å²) in [6, 6.07) is 8.05. The number of rotatable bonds is 2. The van der Waals surface area contributed by atoms with Crippen LogP contribution in [0.4, 0.5) is 10.5 Å². The van der Waals surface area contributed by atoms with E-state index in [1.54, 1.807) is 0 Å². The Kier molecular flexibility index (Phi) is 3.10. The molecule has 0 saturated heterocycles. The van der Waals surface area contributed by atoms with Gasteiger partial charge >= 0.3 is 6.03 Å². The smallest absolute Gasteiger partial charge is 0.319 e. The van der Waals surface area contributed by atoms with Gasteiger partial charge in [-0.2, -0.15) is 0 Å². The van der Waals surface area contributed by atoms with Gasteiger partial charge in [0.1, 0.15) is 0 Å². The van der Waals surface area contributed by atoms with E-state index in [0.717, 1.165) is 18.5 Å². The van der Waals surface area contributed by atoms with Gasteiger partial charge in [-0.15, -0.1) is 0 Å². The number of amides is 2. The molecule has 0 aliphatic heterocycles. The summed E-state index contributed by atoms with van der Waals surface area (Å²) in [6.07, 6.45) is 1.75. The summed E-state index contributed by atoms with van der Waals surface area (Å²) < 4.78 is 0. The fraction of sp³-hybridized carbons (Fsp3) is 0.417. The van der Waals surface area contributed by atoms with Crippen molar-refractivity contribution < 1.29 is 4.79 Å². The molecule has 0 heterocycles. The monoisotopic (exact) mass is 219 g/mol. The molecule has 4 heteroatoms. The molecule has 4 N–H and O–H groups in total. The summed E-state index contributed by atoms with van der Waals surface area (Å²) in [5, 5.41) is 5.67. The molecule has 2 amide bonds. The van der Waals surface area contributed by atoms with Crippen LogP contribution in [0.1, 0.15) is 18.4 Å². The van der Waals surface area contributed by atoms with Gasteiger partial charge in [-0.3, -0.25) is 0 Å². The Bertz CT molecular complexity index is 368. The van der Waals surface area contributed by atoms with Crippen molar-refractivity contribution >= 4 is 11.7 Å². The van der Waals surface area contributed by atoms with Crippen molar-refractivity contribution in [1.29, 1.82) is 0 Å². The van der Waals surface area contributed by atoms with Gasteiger partial charge in [-0.05, 0) is 31.9 Å². The van der Waals surface area contributed by atoms with Crippen molar-refractivity contribution in [3.8, 4) is 0 Å². The highest BCUT2D eigenvalue weighted by atomic mass is 16.2. The first kappa shape index (κ1) is 11.0. The molecular formula is C12H17N3O. The number of anilines is 1. The number of hydrogen-bond donors (Lipinski definition) is 3. The van der Waals surface area contributed by atoms with E-state index in [1.807, 2.05) is 31.2 Å². The van der Waals surface area contributed by atoms with E-state index >= 15 is 0 Å². The number of urea groups is 1. The van der Waals surface area contributed by atoms with Crippen LogP contribution in [0.3, 0.4) is 0 Å². The van der Waals surface area contributed by atoms with E-state index < -0.39 is 0 Å². The summed E-state index contributed by atoms with van der Waals surface area (Å²) in [5.74, 6) is 0. The Morgan fingerprint density at radius 2 is 1.94 bits per heavy atom. The number of benzene rings is 1. The summed E-state index contributed by atoms with van der Waals surface area (Å²) in [6.45, 7) is 2.01. The first-order valence-electron chi connectivity index (χ1n) is 5.53. The van der Waals surface area contributed by atoms with Crippen LogP contribution < -0.4 is 16.4 Å². The molecule has 0 bridgehead atoms. The fourth-order valence-corrected chi connectivity index (χ4v) is 1.77. The van der Waals surface area contributed by atoms with Crippen LogP contribution in [-0.4, -0.2) is 18.1 Å². The minimum absolute atomic E-state index is 0.152. The van der Waals surface area contributed by atoms with Crippen molar-refractivity contribution in [3.05, 3.63) is 29.8 Å². The maximum atomic E-state index is 11.5. The molecule has 4 nitrogen and oxygen atoms in total. The molecule has 1 saturated carbocycles. The van der Waals surface area contributed by atoms with Gasteiger partial charge < -0.3 is 16.4 Å². The van der Waals surface area contributed by atoms with E-state index in [4.69, 9.17) is 5.73 Å². The van der Waals surface area contributed by atoms with Crippen LogP contribution >= 0.6 is 0 Å². The predicted octanol–water partition coefficient (Wildman–Crippen LogP) is 1.61. The molecule has 1 fully saturated rings. The van der Waals surface area contributed by atoms with Crippen LogP contribution in [0.5, 0.6) is 0 Å². The molecule has 0 unspecified atom stereocenters. The van der Waals surface area contributed by atoms with Gasteiger partial charge in [0.2, 0.25) is 0 Å². The molecule has 16 heavy (non-hydrogen) atoms. The molecule has 0 spiro atoms. The quantitative estimate of drug-likeness (QED) is 0.707. The molecular weight excluding hydrogens is 202 g/mol. The molecule has 86 valence electrons. The van der Waals surface area contributed by atoms with Crippen LogP contribution in [0.25, 0.3) is 0 Å². The topological polar surface area (TPSA) is 67.2 Å². The van der Waals surface area contributed by atoms with Crippen LogP contribution in [0.15, 0.2) is 24.3 Å². The lowest BCUT2D eigenvalue weighted by atomic mass is 9.88. The average Bonchev–Trinajstić information content (AvgIpc) is 2.19. The lowest BCUT2D eigenvalue weighted by molar-refractivity contribution is 0.234. The van der Waals surface area contributed by atoms with Gasteiger partial charge in [0, 0.05) is 17.8 Å². The van der Waals surface area contributed by atoms with Crippen molar-refractivity contribution in [2.75, 3.05) is 5.32 Å². The van der Waals surface area contributed by atoms with E-state index in [9.17, 15) is 4.79 Å². The Balaban J connectivity index is 1.80. The Labute approximate surface area is 95.2 Å². The van der Waals surface area contributed by atoms with Crippen LogP contribution in [0.2, 0.25) is 0 Å². The molecule has 2 rings (SSSR count). The summed E-state index contributed by atoms with van der Waals surface area (Å²) in [7, 11) is 0. The molecule has 0 radical (unpaired) electrons. The lowest BCUT2D eigenvalue weighted by Crippen LogP contribution is -2.51. The first-order valence-corrected chi connectivity index (χ1v) is 5.53. The van der Waals surface area contributed by atoms with Crippen LogP contribution in [0, 0.1) is 6.92 Å². The largest absolute Gasteiger partial charge is 0.335 e. The van der Waals surface area contributed by atoms with Crippen molar-refractivity contribution in [2.24, 2.45) is 5.73 Å². The predicted molar refractivity (Wildman–Crippen MR) is 64.3 cm³/mol. The zero-order valence-corrected chi connectivity index (χ0v) is 9.36. The van der Waals surface area contributed by atoms with Gasteiger partial charge in [-0.1, -0.05) is 17.7 Å². The maximum absolute atomic E-state index is 11.5. The number of nitrogens with one attached hydrogen (secondary N) is 2. The first-order chi connectivity index (χ1) is 7.63. The average molecular weight is 219 g/mol. The van der Waals surface area contributed by atoms with E-state index in [1.165, 1.54) is 5.56 Å². The lowest BCUT2D eigenvalue weighted by Gasteiger charge is -2.32. The van der Waals surface area contributed by atoms with E-state index in [2.05, 4.69) is 10.6 Å². The molecule has 1 aromatic carbocycles. The van der Waals surface area contributed by atoms with Crippen molar-refractivity contribution in [3.63, 3.8) is 0 Å². The Hall–Kier alpha value is -1.55. The third-order valence-corrected chi connectivity index (χ3v) is 2.82. The molecule has 0 atom stereocenters. The maximum Gasteiger partial charge on any atom is 0.319 e. The van der Waals surface area contributed by atoms with E-state index in [0.29, 0.717) is 0 Å². The molecule has 1 aliphatic rings. The molecule has 1 aliphatic carbocycles. The summed E-state index contributed by atoms with van der Waals surface area (Å²) in [5.41, 5.74) is 7.63. The number of aryl methyl sites for hydroxylation is 1. The second-order valence-corrected chi connectivity index (χ2v) is 4.39. The minimum atomic E-state index is -0.152. The molecule has 0 aromatic heterocycles. The fourth-order valence-electron chi connectivity index (χ4n) is 1.77. The Morgan fingerprint density at radius 1 is 1.31 bits per heavy atom. The minimum Gasteiger partial charge on any atom is -0.335 e. The normalized spacial score (nSPS) is 23.4. The highest BCUT2D eigenvalue weighted by Gasteiger charge is 2.26. The van der Waals surface area contributed by atoms with Crippen molar-refractivity contribution in [1.82, 2.24) is 5.32 Å². The van der Waals surface area contributed by atoms with Gasteiger partial charge in [0.05, 0.1) is 0 Å². The van der Waals surface area contributed by atoms with Crippen molar-refractivity contribution in [2.45, 2.75) is 31.8 Å². The zero-order valence-electron chi connectivity index (χ0n) is 9.36. The number of carbonyl (C=O) groups is 1. The van der Waals surface area contributed by atoms with E-state index in [-0.39, 0.29) is 18.1 Å². The number of carbonyl (C=O) groups excluding carboxylic acids is 1. The van der Waals surface area contributed by atoms with Gasteiger partial charge in [-0.25, -0.2) is 4.79 Å². The zero-order chi connectivity index (χ0) is 11.5. The second kappa shape index (κ2) is 4.53. The Morgan fingerprint density at radius 3 is 2.50 bits per heavy atom. The van der Waals surface area contributed by atoms with Gasteiger partial charge in [0.15, 0.2) is 0 Å². The summed E-state index contributed by atoms with van der Waals surface area (Å²) in [4.78, 5) is 11.5. The number of hydrogen-bond acceptors (Lipinski definition) is 2. The second-order valence-electron chi connectivity index (χ2n) is 4.39. The third kappa shape index (κ3) is 2.73. The van der Waals surface area contributed by atoms with Gasteiger partial charge in [0.25, 0.3) is 0 Å². The number of nitrogens with two attached hydrogens (primary N) is 1. The molecule has 1 aromatic rings. The summed E-state index contributed by atoms with van der Waals surface area (Å²) >= 11 is 0. The van der Waals surface area contributed by atoms with Crippen LogP contribution in [-0.2, 0) is 0 Å².